The minimum Gasteiger partial charge on any atom is -0.507 e. The highest BCUT2D eigenvalue weighted by Gasteiger charge is 2.39. The van der Waals surface area contributed by atoms with Crippen molar-refractivity contribution >= 4 is 17.3 Å². The Kier molecular flexibility index (Phi) is 3.12. The molecule has 2 aromatic carbocycles. The van der Waals surface area contributed by atoms with Crippen LogP contribution in [0.1, 0.15) is 54.7 Å². The number of Topliss-reactive ketones (excluding diaryl/α,β-unsaturated/α-hetero) is 1. The zero-order valence-corrected chi connectivity index (χ0v) is 12.7. The summed E-state index contributed by atoms with van der Waals surface area (Å²) in [5.74, 6) is -5.21. The first-order chi connectivity index (χ1) is 11.2. The number of hydrogen-bond donors (Lipinski definition) is 4. The fraction of sp³-hybridized carbons (Fsp3) is 0.118. The number of hydrogen-bond acceptors (Lipinski definition) is 7. The van der Waals surface area contributed by atoms with Crippen LogP contribution in [-0.4, -0.2) is 37.8 Å². The van der Waals surface area contributed by atoms with E-state index in [1.807, 2.05) is 0 Å². The van der Waals surface area contributed by atoms with Crippen molar-refractivity contribution in [2.24, 2.45) is 0 Å². The number of rotatable bonds is 1. The summed E-state index contributed by atoms with van der Waals surface area (Å²) >= 11 is 0. The summed E-state index contributed by atoms with van der Waals surface area (Å²) in [5.41, 5.74) is -1.51. The first kappa shape index (κ1) is 15.5. The number of aryl methyl sites for hydroxylation is 1. The van der Waals surface area contributed by atoms with Crippen molar-refractivity contribution < 1.29 is 34.8 Å². The van der Waals surface area contributed by atoms with Gasteiger partial charge in [-0.15, -0.1) is 0 Å². The quantitative estimate of drug-likeness (QED) is 0.304. The zero-order valence-electron chi connectivity index (χ0n) is 12.7. The Balaban J connectivity index is 2.45. The summed E-state index contributed by atoms with van der Waals surface area (Å²) in [6.45, 7) is 2.70. The molecule has 0 aromatic heterocycles. The van der Waals surface area contributed by atoms with Gasteiger partial charge in [0.15, 0.2) is 23.1 Å². The largest absolute Gasteiger partial charge is 0.507 e. The third-order valence-electron chi connectivity index (χ3n) is 4.04. The van der Waals surface area contributed by atoms with Gasteiger partial charge in [0.25, 0.3) is 0 Å². The number of phenolic OH excluding ortho intramolecular Hbond substituents is 4. The summed E-state index contributed by atoms with van der Waals surface area (Å²) in [6.07, 6.45) is 0. The van der Waals surface area contributed by atoms with E-state index in [-0.39, 0.29) is 16.7 Å². The summed E-state index contributed by atoms with van der Waals surface area (Å²) in [5, 5.41) is 39.7. The molecule has 0 spiro atoms. The lowest BCUT2D eigenvalue weighted by molar-refractivity contribution is 0.0968. The monoisotopic (exact) mass is 328 g/mol. The second kappa shape index (κ2) is 4.82. The fourth-order valence-corrected chi connectivity index (χ4v) is 3.01. The zero-order chi connectivity index (χ0) is 17.9. The highest BCUT2D eigenvalue weighted by molar-refractivity contribution is 6.32. The number of benzene rings is 2. The van der Waals surface area contributed by atoms with Gasteiger partial charge in [0.2, 0.25) is 5.78 Å². The molecule has 3 rings (SSSR count). The first-order valence-corrected chi connectivity index (χ1v) is 6.91. The number of carbonyl (C=O) groups excluding carboxylic acids is 3. The maximum Gasteiger partial charge on any atom is 0.202 e. The van der Waals surface area contributed by atoms with E-state index in [0.717, 1.165) is 6.07 Å². The molecule has 0 unspecified atom stereocenters. The van der Waals surface area contributed by atoms with Gasteiger partial charge in [-0.2, -0.15) is 0 Å². The van der Waals surface area contributed by atoms with Crippen molar-refractivity contribution in [3.05, 3.63) is 45.5 Å². The molecule has 0 saturated carbocycles. The summed E-state index contributed by atoms with van der Waals surface area (Å²) in [7, 11) is 0. The summed E-state index contributed by atoms with van der Waals surface area (Å²) < 4.78 is 0. The van der Waals surface area contributed by atoms with Crippen molar-refractivity contribution in [3.8, 4) is 23.0 Å². The SMILES string of the molecule is CC(=O)c1c(C)cc2c(c1O)C(=O)c1c(O)cc(O)c(O)c1C2=O. The van der Waals surface area contributed by atoms with Gasteiger partial charge in [0.1, 0.15) is 11.5 Å². The highest BCUT2D eigenvalue weighted by atomic mass is 16.3. The maximum atomic E-state index is 12.7. The molecule has 0 aliphatic heterocycles. The average molecular weight is 328 g/mol. The molecule has 4 N–H and O–H groups in total. The van der Waals surface area contributed by atoms with E-state index in [0.29, 0.717) is 0 Å². The second-order valence-electron chi connectivity index (χ2n) is 5.57. The molecule has 0 amide bonds. The highest BCUT2D eigenvalue weighted by Crippen LogP contribution is 2.45. The number of carbonyl (C=O) groups is 3. The molecule has 0 bridgehead atoms. The Morgan fingerprint density at radius 3 is 2.04 bits per heavy atom. The minimum atomic E-state index is -0.924. The van der Waals surface area contributed by atoms with Crippen LogP contribution < -0.4 is 0 Å². The molecule has 0 atom stereocenters. The van der Waals surface area contributed by atoms with Gasteiger partial charge in [-0.3, -0.25) is 14.4 Å². The Labute approximate surface area is 135 Å². The lowest BCUT2D eigenvalue weighted by Crippen LogP contribution is -2.22. The smallest absolute Gasteiger partial charge is 0.202 e. The summed E-state index contributed by atoms with van der Waals surface area (Å²) in [6, 6.07) is 1.98. The van der Waals surface area contributed by atoms with Crippen molar-refractivity contribution in [1.82, 2.24) is 0 Å². The lowest BCUT2D eigenvalue weighted by Gasteiger charge is -2.22. The van der Waals surface area contributed by atoms with Gasteiger partial charge in [-0.1, -0.05) is 0 Å². The molecule has 0 radical (unpaired) electrons. The van der Waals surface area contributed by atoms with Crippen molar-refractivity contribution in [2.75, 3.05) is 0 Å². The van der Waals surface area contributed by atoms with E-state index < -0.39 is 57.0 Å². The van der Waals surface area contributed by atoms with Crippen LogP contribution in [0.2, 0.25) is 0 Å². The molecule has 0 heterocycles. The molecule has 7 nitrogen and oxygen atoms in total. The standard InChI is InChI=1S/C17H12O7/c1-5-3-7-11(16(23)10(5)6(2)18)17(24)12-8(19)4-9(20)15(22)13(12)14(7)21/h3-4,19-20,22-23H,1-2H3. The van der Waals surface area contributed by atoms with Gasteiger partial charge in [0.05, 0.1) is 22.3 Å². The van der Waals surface area contributed by atoms with Crippen molar-refractivity contribution in [2.45, 2.75) is 13.8 Å². The molecule has 7 heteroatoms. The van der Waals surface area contributed by atoms with Crippen LogP contribution in [0.5, 0.6) is 23.0 Å². The van der Waals surface area contributed by atoms with E-state index in [4.69, 9.17) is 0 Å². The predicted molar refractivity (Wildman–Crippen MR) is 81.1 cm³/mol. The molecule has 1 aliphatic rings. The predicted octanol–water partition coefficient (Wildman–Crippen LogP) is 1.80. The van der Waals surface area contributed by atoms with E-state index in [1.54, 1.807) is 0 Å². The fourth-order valence-electron chi connectivity index (χ4n) is 3.01. The average Bonchev–Trinajstić information content (AvgIpc) is 2.47. The van der Waals surface area contributed by atoms with Crippen LogP contribution in [0.25, 0.3) is 0 Å². The normalized spacial score (nSPS) is 12.8. The number of ketones is 3. The Morgan fingerprint density at radius 1 is 0.833 bits per heavy atom. The van der Waals surface area contributed by atoms with Gasteiger partial charge in [0, 0.05) is 11.6 Å². The van der Waals surface area contributed by atoms with E-state index in [2.05, 4.69) is 0 Å². The number of phenols is 4. The van der Waals surface area contributed by atoms with Gasteiger partial charge in [-0.25, -0.2) is 0 Å². The Hall–Kier alpha value is -3.35. The number of fused-ring (bicyclic) bond motifs is 2. The Bertz CT molecular complexity index is 970. The Morgan fingerprint density at radius 2 is 1.46 bits per heavy atom. The second-order valence-corrected chi connectivity index (χ2v) is 5.57. The third kappa shape index (κ3) is 1.81. The molecular formula is C17H12O7. The van der Waals surface area contributed by atoms with Crippen LogP contribution in [0.15, 0.2) is 12.1 Å². The minimum absolute atomic E-state index is 0.0964. The molecule has 0 saturated heterocycles. The molecule has 1 aliphatic carbocycles. The van der Waals surface area contributed by atoms with Crippen LogP contribution in [0.3, 0.4) is 0 Å². The van der Waals surface area contributed by atoms with Crippen molar-refractivity contribution in [1.29, 1.82) is 0 Å². The molecule has 2 aromatic rings. The molecule has 0 fully saturated rings. The number of aromatic hydroxyl groups is 4. The van der Waals surface area contributed by atoms with Gasteiger partial charge >= 0.3 is 0 Å². The van der Waals surface area contributed by atoms with E-state index >= 15 is 0 Å². The molecule has 24 heavy (non-hydrogen) atoms. The van der Waals surface area contributed by atoms with Crippen molar-refractivity contribution in [3.63, 3.8) is 0 Å². The van der Waals surface area contributed by atoms with Gasteiger partial charge in [-0.05, 0) is 25.5 Å². The molecular weight excluding hydrogens is 316 g/mol. The van der Waals surface area contributed by atoms with Crippen LogP contribution >= 0.6 is 0 Å². The topological polar surface area (TPSA) is 132 Å². The third-order valence-corrected chi connectivity index (χ3v) is 4.04. The van der Waals surface area contributed by atoms with Crippen LogP contribution in [0.4, 0.5) is 0 Å². The van der Waals surface area contributed by atoms with Crippen LogP contribution in [0, 0.1) is 6.92 Å². The summed E-state index contributed by atoms with van der Waals surface area (Å²) in [4.78, 5) is 37.0. The lowest BCUT2D eigenvalue weighted by atomic mass is 9.80. The van der Waals surface area contributed by atoms with Crippen LogP contribution in [-0.2, 0) is 0 Å². The van der Waals surface area contributed by atoms with E-state index in [1.165, 1.54) is 19.9 Å². The van der Waals surface area contributed by atoms with Gasteiger partial charge < -0.3 is 20.4 Å². The molecule has 122 valence electrons. The maximum absolute atomic E-state index is 12.7. The van der Waals surface area contributed by atoms with E-state index in [9.17, 15) is 34.8 Å². The first-order valence-electron chi connectivity index (χ1n) is 6.91.